The van der Waals surface area contributed by atoms with Crippen LogP contribution in [0.1, 0.15) is 0 Å². The van der Waals surface area contributed by atoms with E-state index in [-0.39, 0.29) is 35.5 Å². The second kappa shape index (κ2) is 9.23. The lowest BCUT2D eigenvalue weighted by Crippen LogP contribution is -2.40. The zero-order chi connectivity index (χ0) is 21.8. The number of rotatable bonds is 6. The minimum Gasteiger partial charge on any atom is -0.379 e. The van der Waals surface area contributed by atoms with Gasteiger partial charge in [0.25, 0.3) is 0 Å². The van der Waals surface area contributed by atoms with Crippen LogP contribution in [0.2, 0.25) is 5.02 Å². The summed E-state index contributed by atoms with van der Waals surface area (Å²) in [6, 6.07) is 18.1. The third-order valence-electron chi connectivity index (χ3n) is 5.04. The molecule has 7 nitrogen and oxygen atoms in total. The smallest absolute Gasteiger partial charge is 0.244 e. The first-order valence-electron chi connectivity index (χ1n) is 9.84. The molecule has 162 valence electrons. The molecule has 0 radical (unpaired) electrons. The summed E-state index contributed by atoms with van der Waals surface area (Å²) >= 11 is 6.18. The molecular formula is C22H22ClN3O4S. The Morgan fingerprint density at radius 2 is 1.77 bits per heavy atom. The van der Waals surface area contributed by atoms with Crippen LogP contribution in [-0.4, -0.2) is 51.5 Å². The zero-order valence-electron chi connectivity index (χ0n) is 16.7. The van der Waals surface area contributed by atoms with Crippen molar-refractivity contribution >= 4 is 49.7 Å². The van der Waals surface area contributed by atoms with E-state index in [1.165, 1.54) is 16.4 Å². The number of benzene rings is 3. The monoisotopic (exact) mass is 459 g/mol. The molecule has 3 aromatic carbocycles. The van der Waals surface area contributed by atoms with Crippen LogP contribution in [0.4, 0.5) is 11.4 Å². The molecule has 1 aliphatic rings. The molecule has 0 atom stereocenters. The quantitative estimate of drug-likeness (QED) is 0.588. The summed E-state index contributed by atoms with van der Waals surface area (Å²) in [7, 11) is -3.75. The van der Waals surface area contributed by atoms with Crippen LogP contribution in [-0.2, 0) is 19.6 Å². The molecule has 1 aliphatic heterocycles. The SMILES string of the molecule is O=C(CNc1ccc(Cl)c(S(=O)(=O)N2CCOCC2)c1)Nc1cccc2ccccc12. The van der Waals surface area contributed by atoms with Crippen LogP contribution in [0, 0.1) is 0 Å². The maximum atomic E-state index is 12.9. The van der Waals surface area contributed by atoms with Crippen LogP contribution in [0.15, 0.2) is 65.6 Å². The predicted molar refractivity (Wildman–Crippen MR) is 122 cm³/mol. The number of hydrogen-bond acceptors (Lipinski definition) is 5. The van der Waals surface area contributed by atoms with Crippen molar-refractivity contribution in [3.05, 3.63) is 65.7 Å². The minimum atomic E-state index is -3.75. The van der Waals surface area contributed by atoms with Crippen LogP contribution < -0.4 is 10.6 Å². The van der Waals surface area contributed by atoms with Gasteiger partial charge in [-0.1, -0.05) is 48.0 Å². The Morgan fingerprint density at radius 1 is 1.03 bits per heavy atom. The van der Waals surface area contributed by atoms with Crippen LogP contribution in [0.25, 0.3) is 10.8 Å². The van der Waals surface area contributed by atoms with E-state index in [9.17, 15) is 13.2 Å². The van der Waals surface area contributed by atoms with E-state index < -0.39 is 10.0 Å². The molecule has 0 spiro atoms. The average molecular weight is 460 g/mol. The molecule has 31 heavy (non-hydrogen) atoms. The van der Waals surface area contributed by atoms with Gasteiger partial charge >= 0.3 is 0 Å². The number of fused-ring (bicyclic) bond motifs is 1. The minimum absolute atomic E-state index is 0.00975. The zero-order valence-corrected chi connectivity index (χ0v) is 18.2. The van der Waals surface area contributed by atoms with Gasteiger partial charge in [-0.15, -0.1) is 0 Å². The molecule has 9 heteroatoms. The normalized spacial score (nSPS) is 15.0. The number of halogens is 1. The first kappa shape index (κ1) is 21.6. The van der Waals surface area contributed by atoms with E-state index >= 15 is 0 Å². The number of ether oxygens (including phenoxy) is 1. The molecule has 1 heterocycles. The molecule has 0 bridgehead atoms. The largest absolute Gasteiger partial charge is 0.379 e. The lowest BCUT2D eigenvalue weighted by Gasteiger charge is -2.26. The van der Waals surface area contributed by atoms with Crippen LogP contribution in [0.5, 0.6) is 0 Å². The Bertz CT molecular complexity index is 1210. The molecule has 0 unspecified atom stereocenters. The summed E-state index contributed by atoms with van der Waals surface area (Å²) < 4.78 is 32.5. The van der Waals surface area contributed by atoms with Gasteiger partial charge in [-0.05, 0) is 29.7 Å². The van der Waals surface area contributed by atoms with Crippen molar-refractivity contribution in [2.24, 2.45) is 0 Å². The number of morpholine rings is 1. The Kier molecular flexibility index (Phi) is 6.43. The van der Waals surface area contributed by atoms with E-state index in [2.05, 4.69) is 10.6 Å². The Balaban J connectivity index is 1.46. The van der Waals surface area contributed by atoms with Crippen LogP contribution >= 0.6 is 11.6 Å². The van der Waals surface area contributed by atoms with Crippen molar-refractivity contribution in [3.63, 3.8) is 0 Å². The molecule has 3 aromatic rings. The van der Waals surface area contributed by atoms with Gasteiger partial charge in [-0.25, -0.2) is 8.42 Å². The fourth-order valence-electron chi connectivity index (χ4n) is 3.45. The summed E-state index contributed by atoms with van der Waals surface area (Å²) in [5.41, 5.74) is 1.21. The molecule has 1 saturated heterocycles. The number of carbonyl (C=O) groups is 1. The molecule has 0 saturated carbocycles. The molecule has 2 N–H and O–H groups in total. The molecule has 1 amide bonds. The van der Waals surface area contributed by atoms with E-state index in [4.69, 9.17) is 16.3 Å². The first-order valence-corrected chi connectivity index (χ1v) is 11.7. The third kappa shape index (κ3) is 4.83. The Labute approximate surface area is 186 Å². The van der Waals surface area contributed by atoms with E-state index in [0.717, 1.165) is 16.5 Å². The third-order valence-corrected chi connectivity index (χ3v) is 7.42. The first-order chi connectivity index (χ1) is 14.9. The van der Waals surface area contributed by atoms with Crippen molar-refractivity contribution in [2.75, 3.05) is 43.5 Å². The maximum Gasteiger partial charge on any atom is 0.244 e. The fraction of sp³-hybridized carbons (Fsp3) is 0.227. The highest BCUT2D eigenvalue weighted by Gasteiger charge is 2.28. The summed E-state index contributed by atoms with van der Waals surface area (Å²) in [5.74, 6) is -0.246. The molecule has 0 aliphatic carbocycles. The maximum absolute atomic E-state index is 12.9. The van der Waals surface area contributed by atoms with Gasteiger partial charge in [-0.3, -0.25) is 4.79 Å². The van der Waals surface area contributed by atoms with Gasteiger partial charge in [0.2, 0.25) is 15.9 Å². The number of hydrogen-bond donors (Lipinski definition) is 2. The number of nitrogens with zero attached hydrogens (tertiary/aromatic N) is 1. The van der Waals surface area contributed by atoms with E-state index in [1.54, 1.807) is 6.07 Å². The number of carbonyl (C=O) groups excluding carboxylic acids is 1. The number of nitrogens with one attached hydrogen (secondary N) is 2. The standard InChI is InChI=1S/C22H22ClN3O4S/c23-19-9-8-17(14-21(19)31(28,29)26-10-12-30-13-11-26)24-15-22(27)25-20-7-3-5-16-4-1-2-6-18(16)20/h1-9,14,24H,10-13,15H2,(H,25,27). The van der Waals surface area contributed by atoms with Gasteiger partial charge < -0.3 is 15.4 Å². The second-order valence-electron chi connectivity index (χ2n) is 7.09. The molecule has 0 aromatic heterocycles. The highest BCUT2D eigenvalue weighted by molar-refractivity contribution is 7.89. The van der Waals surface area contributed by atoms with Gasteiger partial charge in [0, 0.05) is 29.9 Å². The van der Waals surface area contributed by atoms with Crippen molar-refractivity contribution in [3.8, 4) is 0 Å². The summed E-state index contributed by atoms with van der Waals surface area (Å²) in [4.78, 5) is 12.5. The fourth-order valence-corrected chi connectivity index (χ4v) is 5.36. The topological polar surface area (TPSA) is 87.7 Å². The second-order valence-corrected chi connectivity index (χ2v) is 9.40. The van der Waals surface area contributed by atoms with Crippen LogP contribution in [0.3, 0.4) is 0 Å². The van der Waals surface area contributed by atoms with Gasteiger partial charge in [0.05, 0.1) is 24.8 Å². The summed E-state index contributed by atoms with van der Waals surface area (Å²) in [5, 5.41) is 7.99. The molecular weight excluding hydrogens is 438 g/mol. The lowest BCUT2D eigenvalue weighted by molar-refractivity contribution is -0.114. The lowest BCUT2D eigenvalue weighted by atomic mass is 10.1. The highest BCUT2D eigenvalue weighted by atomic mass is 35.5. The Hall–Kier alpha value is -2.65. The van der Waals surface area contributed by atoms with Crippen molar-refractivity contribution < 1.29 is 17.9 Å². The number of sulfonamides is 1. The summed E-state index contributed by atoms with van der Waals surface area (Å²) in [6.45, 7) is 1.24. The van der Waals surface area contributed by atoms with Crippen molar-refractivity contribution in [1.82, 2.24) is 4.31 Å². The van der Waals surface area contributed by atoms with Crippen molar-refractivity contribution in [1.29, 1.82) is 0 Å². The Morgan fingerprint density at radius 3 is 2.58 bits per heavy atom. The molecule has 1 fully saturated rings. The molecule has 4 rings (SSSR count). The van der Waals surface area contributed by atoms with Gasteiger partial charge in [-0.2, -0.15) is 4.31 Å². The van der Waals surface area contributed by atoms with Crippen molar-refractivity contribution in [2.45, 2.75) is 4.90 Å². The highest BCUT2D eigenvalue weighted by Crippen LogP contribution is 2.28. The van der Waals surface area contributed by atoms with Gasteiger partial charge in [0.1, 0.15) is 4.90 Å². The average Bonchev–Trinajstić information content (AvgIpc) is 2.79. The van der Waals surface area contributed by atoms with E-state index in [1.807, 2.05) is 42.5 Å². The number of amides is 1. The van der Waals surface area contributed by atoms with E-state index in [0.29, 0.717) is 18.9 Å². The number of anilines is 2. The van der Waals surface area contributed by atoms with Gasteiger partial charge in [0.15, 0.2) is 0 Å². The predicted octanol–water partition coefficient (Wildman–Crippen LogP) is 3.56. The summed E-state index contributed by atoms with van der Waals surface area (Å²) in [6.07, 6.45) is 0.